The number of methoxy groups -OCH3 is 1. The minimum absolute atomic E-state index is 0.0519. The van der Waals surface area contributed by atoms with E-state index >= 15 is 0 Å². The monoisotopic (exact) mass is 321 g/mol. The van der Waals surface area contributed by atoms with Gasteiger partial charge in [-0.2, -0.15) is 5.26 Å². The van der Waals surface area contributed by atoms with Gasteiger partial charge in [-0.05, 0) is 52.3 Å². The Balaban J connectivity index is 2.28. The first-order valence-electron chi connectivity index (χ1n) is 5.35. The molecular weight excluding hydrogens is 313 g/mol. The van der Waals surface area contributed by atoms with Crippen molar-refractivity contribution < 1.29 is 13.9 Å². The molecule has 0 atom stereocenters. The normalized spacial score (nSPS) is 9.79. The zero-order valence-electron chi connectivity index (χ0n) is 9.98. The summed E-state index contributed by atoms with van der Waals surface area (Å²) in [5.41, 5.74) is 0.222. The van der Waals surface area contributed by atoms with E-state index in [1.54, 1.807) is 31.4 Å². The fraction of sp³-hybridized carbons (Fsp3) is 0.0714. The van der Waals surface area contributed by atoms with Crippen LogP contribution in [-0.2, 0) is 0 Å². The lowest BCUT2D eigenvalue weighted by Crippen LogP contribution is -1.92. The molecule has 2 aromatic rings. The smallest absolute Gasteiger partial charge is 0.181 e. The molecule has 0 aliphatic heterocycles. The van der Waals surface area contributed by atoms with Gasteiger partial charge in [0.25, 0.3) is 0 Å². The Bertz CT molecular complexity index is 635. The van der Waals surface area contributed by atoms with Gasteiger partial charge in [-0.15, -0.1) is 0 Å². The number of nitriles is 1. The summed E-state index contributed by atoms with van der Waals surface area (Å²) in [5.74, 6) is 0.621. The number of ether oxygens (including phenoxy) is 2. The van der Waals surface area contributed by atoms with Crippen molar-refractivity contribution >= 4 is 15.9 Å². The van der Waals surface area contributed by atoms with E-state index in [-0.39, 0.29) is 15.8 Å². The van der Waals surface area contributed by atoms with Gasteiger partial charge < -0.3 is 9.47 Å². The highest BCUT2D eigenvalue weighted by molar-refractivity contribution is 9.10. The molecule has 0 unspecified atom stereocenters. The molecule has 0 saturated heterocycles. The Labute approximate surface area is 118 Å². The third-order valence-corrected chi connectivity index (χ3v) is 3.23. The van der Waals surface area contributed by atoms with Crippen LogP contribution in [0.25, 0.3) is 0 Å². The van der Waals surface area contributed by atoms with Crippen molar-refractivity contribution in [1.29, 1.82) is 5.26 Å². The molecule has 0 N–H and O–H groups in total. The predicted molar refractivity (Wildman–Crippen MR) is 71.9 cm³/mol. The van der Waals surface area contributed by atoms with Gasteiger partial charge in [0.2, 0.25) is 0 Å². The van der Waals surface area contributed by atoms with Crippen molar-refractivity contribution in [2.45, 2.75) is 0 Å². The zero-order valence-corrected chi connectivity index (χ0v) is 11.6. The van der Waals surface area contributed by atoms with E-state index in [1.165, 1.54) is 12.1 Å². The summed E-state index contributed by atoms with van der Waals surface area (Å²) in [6, 6.07) is 11.6. The fourth-order valence-corrected chi connectivity index (χ4v) is 1.88. The van der Waals surface area contributed by atoms with Crippen molar-refractivity contribution in [3.63, 3.8) is 0 Å². The zero-order chi connectivity index (χ0) is 13.8. The molecule has 3 nitrogen and oxygen atoms in total. The second-order valence-corrected chi connectivity index (χ2v) is 4.42. The Morgan fingerprint density at radius 2 is 1.74 bits per heavy atom. The number of rotatable bonds is 3. The average molecular weight is 322 g/mol. The minimum atomic E-state index is -0.602. The van der Waals surface area contributed by atoms with Gasteiger partial charge in [0.05, 0.1) is 17.1 Å². The van der Waals surface area contributed by atoms with Crippen molar-refractivity contribution in [3.8, 4) is 23.3 Å². The molecular formula is C14H9BrFNO2. The van der Waals surface area contributed by atoms with E-state index in [4.69, 9.17) is 14.7 Å². The standard InChI is InChI=1S/C14H9BrFNO2/c1-18-10-3-5-11(6-4-10)19-12-7-2-9(8-17)13(15)14(12)16/h2-7H,1H3. The Hall–Kier alpha value is -2.06. The van der Waals surface area contributed by atoms with Crippen molar-refractivity contribution in [3.05, 3.63) is 52.3 Å². The SMILES string of the molecule is COc1ccc(Oc2ccc(C#N)c(Br)c2F)cc1. The van der Waals surface area contributed by atoms with E-state index in [0.29, 0.717) is 11.5 Å². The highest BCUT2D eigenvalue weighted by Gasteiger charge is 2.12. The molecule has 0 radical (unpaired) electrons. The molecule has 0 aliphatic carbocycles. The van der Waals surface area contributed by atoms with E-state index in [0.717, 1.165) is 0 Å². The molecule has 96 valence electrons. The van der Waals surface area contributed by atoms with Gasteiger partial charge in [0.15, 0.2) is 11.6 Å². The predicted octanol–water partition coefficient (Wildman–Crippen LogP) is 4.26. The van der Waals surface area contributed by atoms with Crippen molar-refractivity contribution in [2.24, 2.45) is 0 Å². The van der Waals surface area contributed by atoms with Crippen LogP contribution in [0.1, 0.15) is 5.56 Å². The molecule has 0 amide bonds. The van der Waals surface area contributed by atoms with Crippen LogP contribution in [0.2, 0.25) is 0 Å². The average Bonchev–Trinajstić information content (AvgIpc) is 2.45. The third-order valence-electron chi connectivity index (χ3n) is 2.45. The number of halogens is 2. The van der Waals surface area contributed by atoms with Crippen LogP contribution in [0.5, 0.6) is 17.2 Å². The molecule has 0 heterocycles. The summed E-state index contributed by atoms with van der Waals surface area (Å²) in [5, 5.41) is 8.78. The quantitative estimate of drug-likeness (QED) is 0.848. The largest absolute Gasteiger partial charge is 0.497 e. The van der Waals surface area contributed by atoms with Crippen LogP contribution in [-0.4, -0.2) is 7.11 Å². The van der Waals surface area contributed by atoms with Gasteiger partial charge >= 0.3 is 0 Å². The summed E-state index contributed by atoms with van der Waals surface area (Å²) < 4.78 is 24.5. The molecule has 5 heteroatoms. The van der Waals surface area contributed by atoms with Crippen LogP contribution in [0.4, 0.5) is 4.39 Å². The second-order valence-electron chi connectivity index (χ2n) is 3.63. The van der Waals surface area contributed by atoms with Crippen LogP contribution < -0.4 is 9.47 Å². The first-order chi connectivity index (χ1) is 9.15. The lowest BCUT2D eigenvalue weighted by molar-refractivity contribution is 0.411. The van der Waals surface area contributed by atoms with Gasteiger partial charge in [-0.3, -0.25) is 0 Å². The Kier molecular flexibility index (Phi) is 4.03. The number of hydrogen-bond acceptors (Lipinski definition) is 3. The number of hydrogen-bond donors (Lipinski definition) is 0. The van der Waals surface area contributed by atoms with Crippen LogP contribution >= 0.6 is 15.9 Å². The number of benzene rings is 2. The first-order valence-corrected chi connectivity index (χ1v) is 6.15. The summed E-state index contributed by atoms with van der Waals surface area (Å²) in [6.45, 7) is 0. The highest BCUT2D eigenvalue weighted by atomic mass is 79.9. The van der Waals surface area contributed by atoms with Gasteiger partial charge in [-0.1, -0.05) is 0 Å². The molecule has 0 spiro atoms. The lowest BCUT2D eigenvalue weighted by atomic mass is 10.2. The summed E-state index contributed by atoms with van der Waals surface area (Å²) in [4.78, 5) is 0. The van der Waals surface area contributed by atoms with E-state index < -0.39 is 5.82 Å². The van der Waals surface area contributed by atoms with Crippen molar-refractivity contribution in [2.75, 3.05) is 7.11 Å². The molecule has 2 aromatic carbocycles. The third kappa shape index (κ3) is 2.85. The molecule has 19 heavy (non-hydrogen) atoms. The van der Waals surface area contributed by atoms with Crippen LogP contribution in [0.3, 0.4) is 0 Å². The van der Waals surface area contributed by atoms with E-state index in [9.17, 15) is 4.39 Å². The summed E-state index contributed by atoms with van der Waals surface area (Å²) >= 11 is 3.03. The molecule has 0 aliphatic rings. The Morgan fingerprint density at radius 1 is 1.11 bits per heavy atom. The van der Waals surface area contributed by atoms with Gasteiger partial charge in [0.1, 0.15) is 17.6 Å². The molecule has 2 rings (SSSR count). The Morgan fingerprint density at radius 3 is 2.32 bits per heavy atom. The molecule has 0 fully saturated rings. The van der Waals surface area contributed by atoms with Crippen molar-refractivity contribution in [1.82, 2.24) is 0 Å². The second kappa shape index (κ2) is 5.72. The summed E-state index contributed by atoms with van der Waals surface area (Å²) in [6.07, 6.45) is 0. The van der Waals surface area contributed by atoms with Gasteiger partial charge in [0, 0.05) is 0 Å². The topological polar surface area (TPSA) is 42.2 Å². The van der Waals surface area contributed by atoms with Gasteiger partial charge in [-0.25, -0.2) is 4.39 Å². The molecule has 0 saturated carbocycles. The maximum Gasteiger partial charge on any atom is 0.181 e. The molecule has 0 aromatic heterocycles. The fourth-order valence-electron chi connectivity index (χ4n) is 1.47. The maximum atomic E-state index is 13.9. The first kappa shape index (κ1) is 13.4. The van der Waals surface area contributed by atoms with Crippen LogP contribution in [0.15, 0.2) is 40.9 Å². The molecule has 0 bridgehead atoms. The number of nitrogens with zero attached hydrogens (tertiary/aromatic N) is 1. The minimum Gasteiger partial charge on any atom is -0.497 e. The highest BCUT2D eigenvalue weighted by Crippen LogP contribution is 2.31. The summed E-state index contributed by atoms with van der Waals surface area (Å²) in [7, 11) is 1.56. The van der Waals surface area contributed by atoms with E-state index in [1.807, 2.05) is 6.07 Å². The van der Waals surface area contributed by atoms with Crippen LogP contribution in [0, 0.1) is 17.1 Å². The lowest BCUT2D eigenvalue weighted by Gasteiger charge is -2.09. The van der Waals surface area contributed by atoms with E-state index in [2.05, 4.69) is 15.9 Å². The maximum absolute atomic E-state index is 13.9.